The number of thiophene rings is 1. The number of fused-ring (bicyclic) bond motifs is 1. The summed E-state index contributed by atoms with van der Waals surface area (Å²) in [4.78, 5) is 25.3. The third-order valence-corrected chi connectivity index (χ3v) is 6.38. The molecule has 1 fully saturated rings. The van der Waals surface area contributed by atoms with Gasteiger partial charge in [-0.25, -0.2) is 4.98 Å². The molecule has 3 aromatic rings. The Labute approximate surface area is 217 Å². The van der Waals surface area contributed by atoms with Crippen molar-refractivity contribution in [3.8, 4) is 0 Å². The highest BCUT2D eigenvalue weighted by Crippen LogP contribution is 2.30. The lowest BCUT2D eigenvalue weighted by molar-refractivity contribution is 0.0957. The van der Waals surface area contributed by atoms with Crippen LogP contribution in [0.15, 0.2) is 46.0 Å². The van der Waals surface area contributed by atoms with E-state index < -0.39 is 0 Å². The van der Waals surface area contributed by atoms with Crippen molar-refractivity contribution in [1.82, 2.24) is 15.3 Å². The van der Waals surface area contributed by atoms with E-state index >= 15 is 0 Å². The highest BCUT2D eigenvalue weighted by atomic mass is 32.1. The number of ketones is 1. The second kappa shape index (κ2) is 13.8. The van der Waals surface area contributed by atoms with Crippen LogP contribution in [0.3, 0.4) is 0 Å². The molecule has 0 aromatic carbocycles. The second-order valence-electron chi connectivity index (χ2n) is 7.95. The third kappa shape index (κ3) is 6.73. The molecule has 4 rings (SSSR count). The number of carbonyl (C=O) groups excluding carboxylic acids is 1. The number of hydrogen-bond acceptors (Lipinski definition) is 9. The van der Waals surface area contributed by atoms with Crippen molar-refractivity contribution in [2.45, 2.75) is 47.0 Å². The van der Waals surface area contributed by atoms with Crippen molar-refractivity contribution in [3.63, 3.8) is 0 Å². The van der Waals surface area contributed by atoms with Crippen LogP contribution in [0.5, 0.6) is 0 Å². The van der Waals surface area contributed by atoms with Crippen molar-refractivity contribution in [1.29, 1.82) is 0 Å². The molecule has 0 radical (unpaired) electrons. The number of Topliss-reactive ketones (excluding diaryl/α,β-unsaturated/α-hetero) is 1. The molecule has 1 aliphatic heterocycles. The number of nitrogens with zero attached hydrogens (tertiary/aromatic N) is 3. The van der Waals surface area contributed by atoms with Gasteiger partial charge >= 0.3 is 0 Å². The van der Waals surface area contributed by atoms with E-state index in [0.717, 1.165) is 24.2 Å². The maximum absolute atomic E-state index is 12.5. The maximum Gasteiger partial charge on any atom is 0.231 e. The lowest BCUT2D eigenvalue weighted by Gasteiger charge is -2.27. The largest absolute Gasteiger partial charge is 0.447 e. The minimum atomic E-state index is -0.0240. The normalized spacial score (nSPS) is 14.4. The van der Waals surface area contributed by atoms with E-state index in [-0.39, 0.29) is 5.78 Å². The third-order valence-electron chi connectivity index (χ3n) is 5.46. The van der Waals surface area contributed by atoms with Gasteiger partial charge in [-0.05, 0) is 35.9 Å². The molecule has 8 nitrogen and oxygen atoms in total. The molecule has 36 heavy (non-hydrogen) atoms. The topological polar surface area (TPSA) is 92.5 Å². The van der Waals surface area contributed by atoms with Crippen LogP contribution in [0.25, 0.3) is 16.7 Å². The lowest BCUT2D eigenvalue weighted by Crippen LogP contribution is -2.37. The number of morpholine rings is 1. The minimum absolute atomic E-state index is 0.0240. The molecule has 0 atom stereocenters. The molecule has 0 aliphatic carbocycles. The van der Waals surface area contributed by atoms with Crippen molar-refractivity contribution >= 4 is 45.6 Å². The zero-order chi connectivity index (χ0) is 25.9. The van der Waals surface area contributed by atoms with Gasteiger partial charge in [0.25, 0.3) is 0 Å². The molecular weight excluding hydrogens is 474 g/mol. The number of carbonyl (C=O) groups is 1. The Hall–Kier alpha value is -3.17. The predicted molar refractivity (Wildman–Crippen MR) is 149 cm³/mol. The first-order valence-corrected chi connectivity index (χ1v) is 13.6. The number of allylic oxidation sites excluding steroid dienone is 3. The Morgan fingerprint density at radius 3 is 2.64 bits per heavy atom. The number of furan rings is 1. The number of ether oxygens (including phenoxy) is 1. The highest BCUT2D eigenvalue weighted by Gasteiger charge is 2.23. The lowest BCUT2D eigenvalue weighted by atomic mass is 10.1. The zero-order valence-electron chi connectivity index (χ0n) is 21.9. The second-order valence-corrected chi connectivity index (χ2v) is 8.89. The molecule has 1 aliphatic rings. The van der Waals surface area contributed by atoms with Crippen LogP contribution in [-0.2, 0) is 4.74 Å². The predicted octanol–water partition coefficient (Wildman–Crippen LogP) is 6.10. The van der Waals surface area contributed by atoms with Gasteiger partial charge in [0.05, 0.1) is 13.2 Å². The first-order valence-electron chi connectivity index (χ1n) is 12.7. The van der Waals surface area contributed by atoms with Crippen molar-refractivity contribution < 1.29 is 13.9 Å². The Morgan fingerprint density at radius 2 is 2.00 bits per heavy atom. The standard InChI is InChI=1S/C25H31N5O3S.C2H6/c1-4-7-17(21-9-6-14-34-21)15-22(26-3)28-25-27-18-16-20(19(31)8-5-2)33-23(18)24(29-25)30-10-12-32-13-11-30;1-2/h6-7,9,14-16,26H,4-5,8,10-13H2,1-3H3,(H,27,28,29);1-2H3/b17-7+,22-15+;. The molecule has 1 saturated heterocycles. The fourth-order valence-electron chi connectivity index (χ4n) is 3.79. The van der Waals surface area contributed by atoms with E-state index in [9.17, 15) is 4.79 Å². The van der Waals surface area contributed by atoms with Crippen LogP contribution in [0.1, 0.15) is 62.4 Å². The van der Waals surface area contributed by atoms with Gasteiger partial charge in [0.2, 0.25) is 5.95 Å². The van der Waals surface area contributed by atoms with Gasteiger partial charge in [-0.15, -0.1) is 11.3 Å². The molecule has 0 spiro atoms. The van der Waals surface area contributed by atoms with Crippen LogP contribution in [0.4, 0.5) is 11.8 Å². The zero-order valence-corrected chi connectivity index (χ0v) is 22.7. The van der Waals surface area contributed by atoms with Crippen LogP contribution < -0.4 is 15.5 Å². The summed E-state index contributed by atoms with van der Waals surface area (Å²) < 4.78 is 11.5. The number of anilines is 2. The molecule has 0 unspecified atom stereocenters. The van der Waals surface area contributed by atoms with Gasteiger partial charge in [0.15, 0.2) is 22.9 Å². The van der Waals surface area contributed by atoms with E-state index in [2.05, 4.69) is 51.0 Å². The van der Waals surface area contributed by atoms with Crippen LogP contribution in [0, 0.1) is 0 Å². The van der Waals surface area contributed by atoms with Gasteiger partial charge in [-0.2, -0.15) is 4.98 Å². The molecule has 0 saturated carbocycles. The van der Waals surface area contributed by atoms with Crippen LogP contribution in [-0.4, -0.2) is 49.1 Å². The maximum atomic E-state index is 12.5. The summed E-state index contributed by atoms with van der Waals surface area (Å²) >= 11 is 1.70. The Morgan fingerprint density at radius 1 is 1.22 bits per heavy atom. The van der Waals surface area contributed by atoms with Crippen LogP contribution in [0.2, 0.25) is 0 Å². The first kappa shape index (κ1) is 27.4. The molecule has 2 N–H and O–H groups in total. The fraction of sp³-hybridized carbons (Fsp3) is 0.444. The summed E-state index contributed by atoms with van der Waals surface area (Å²) in [5, 5.41) is 8.60. The molecule has 4 heterocycles. The average molecular weight is 512 g/mol. The molecule has 0 amide bonds. The van der Waals surface area contributed by atoms with E-state index in [0.29, 0.717) is 61.4 Å². The van der Waals surface area contributed by atoms with Gasteiger partial charge in [0, 0.05) is 37.5 Å². The van der Waals surface area contributed by atoms with Gasteiger partial charge in [-0.1, -0.05) is 39.8 Å². The highest BCUT2D eigenvalue weighted by molar-refractivity contribution is 7.11. The minimum Gasteiger partial charge on any atom is -0.447 e. The number of nitrogens with one attached hydrogen (secondary N) is 2. The molecule has 9 heteroatoms. The number of aromatic nitrogens is 2. The van der Waals surface area contributed by atoms with E-state index in [1.54, 1.807) is 17.4 Å². The van der Waals surface area contributed by atoms with Crippen molar-refractivity contribution in [3.05, 3.63) is 52.2 Å². The quantitative estimate of drug-likeness (QED) is 0.249. The van der Waals surface area contributed by atoms with Crippen molar-refractivity contribution in [2.24, 2.45) is 0 Å². The monoisotopic (exact) mass is 511 g/mol. The van der Waals surface area contributed by atoms with Crippen LogP contribution >= 0.6 is 11.3 Å². The molecule has 194 valence electrons. The SMILES string of the molecule is CC.CC/C=C(\C=C(/NC)Nc1nc(N2CCOCC2)c2oc(C(=O)CCC)cc2n1)c1cccs1. The summed E-state index contributed by atoms with van der Waals surface area (Å²) in [7, 11) is 1.86. The number of hydrogen-bond donors (Lipinski definition) is 2. The number of rotatable bonds is 10. The van der Waals surface area contributed by atoms with Gasteiger partial charge in [-0.3, -0.25) is 4.79 Å². The first-order chi connectivity index (χ1) is 17.6. The summed E-state index contributed by atoms with van der Waals surface area (Å²) in [6.45, 7) is 10.7. The Bertz CT molecular complexity index is 1180. The molecular formula is C27H37N5O3S. The van der Waals surface area contributed by atoms with E-state index in [4.69, 9.17) is 14.1 Å². The summed E-state index contributed by atoms with van der Waals surface area (Å²) in [6, 6.07) is 5.88. The Balaban J connectivity index is 0.00000176. The van der Waals surface area contributed by atoms with E-state index in [1.165, 1.54) is 4.88 Å². The van der Waals surface area contributed by atoms with Crippen molar-refractivity contribution in [2.75, 3.05) is 43.6 Å². The summed E-state index contributed by atoms with van der Waals surface area (Å²) in [6.07, 6.45) is 6.37. The fourth-order valence-corrected chi connectivity index (χ4v) is 4.53. The Kier molecular flexibility index (Phi) is 10.5. The summed E-state index contributed by atoms with van der Waals surface area (Å²) in [5.74, 6) is 2.18. The molecule has 3 aromatic heterocycles. The molecule has 0 bridgehead atoms. The average Bonchev–Trinajstić information content (AvgIpc) is 3.60. The summed E-state index contributed by atoms with van der Waals surface area (Å²) in [5.41, 5.74) is 2.27. The smallest absolute Gasteiger partial charge is 0.231 e. The van der Waals surface area contributed by atoms with Gasteiger partial charge < -0.3 is 24.7 Å². The van der Waals surface area contributed by atoms with E-state index in [1.807, 2.05) is 33.9 Å². The van der Waals surface area contributed by atoms with Gasteiger partial charge in [0.1, 0.15) is 11.3 Å².